The Morgan fingerprint density at radius 2 is 1.31 bits per heavy atom. The van der Waals surface area contributed by atoms with Gasteiger partial charge >= 0.3 is 12.4 Å². The summed E-state index contributed by atoms with van der Waals surface area (Å²) in [6, 6.07) is 0. The third-order valence-corrected chi connectivity index (χ3v) is 1.19. The monoisotopic (exact) mass is 206 g/mol. The van der Waals surface area contributed by atoms with E-state index < -0.39 is 24.4 Å². The summed E-state index contributed by atoms with van der Waals surface area (Å²) in [5, 5.41) is 8.31. The van der Waals surface area contributed by atoms with Crippen molar-refractivity contribution in [3.05, 3.63) is 0 Å². The molecule has 0 spiro atoms. The largest absolute Gasteiger partial charge is 0.404 e. The zero-order valence-corrected chi connectivity index (χ0v) is 5.95. The maximum absolute atomic E-state index is 11.7. The number of halogens is 6. The zero-order chi connectivity index (χ0) is 10.9. The highest BCUT2D eigenvalue weighted by molar-refractivity contribution is 5.01. The SMILES string of the molecule is C#CC(O)C(C(F)(F)F)C(F)(F)F. The first-order chi connectivity index (χ1) is 5.60. The van der Waals surface area contributed by atoms with E-state index in [0.29, 0.717) is 0 Å². The molecule has 76 valence electrons. The zero-order valence-electron chi connectivity index (χ0n) is 5.95. The van der Waals surface area contributed by atoms with Crippen molar-refractivity contribution in [2.45, 2.75) is 18.5 Å². The van der Waals surface area contributed by atoms with Gasteiger partial charge in [-0.1, -0.05) is 5.92 Å². The molecule has 1 nitrogen and oxygen atoms in total. The van der Waals surface area contributed by atoms with Crippen molar-refractivity contribution in [1.29, 1.82) is 0 Å². The molecule has 0 aromatic heterocycles. The van der Waals surface area contributed by atoms with Gasteiger partial charge < -0.3 is 5.11 Å². The summed E-state index contributed by atoms with van der Waals surface area (Å²) in [5.41, 5.74) is 0. The highest BCUT2D eigenvalue weighted by atomic mass is 19.4. The molecule has 0 aromatic carbocycles. The molecule has 0 radical (unpaired) electrons. The van der Waals surface area contributed by atoms with Crippen molar-refractivity contribution in [2.24, 2.45) is 5.92 Å². The van der Waals surface area contributed by atoms with Gasteiger partial charge in [-0.3, -0.25) is 0 Å². The van der Waals surface area contributed by atoms with Gasteiger partial charge in [0, 0.05) is 0 Å². The highest BCUT2D eigenvalue weighted by Gasteiger charge is 2.59. The number of rotatable bonds is 1. The molecule has 0 aliphatic heterocycles. The van der Waals surface area contributed by atoms with Crippen molar-refractivity contribution < 1.29 is 31.4 Å². The first kappa shape index (κ1) is 12.1. The molecule has 0 aliphatic carbocycles. The fraction of sp³-hybridized carbons (Fsp3) is 0.667. The summed E-state index contributed by atoms with van der Waals surface area (Å²) in [7, 11) is 0. The van der Waals surface area contributed by atoms with Gasteiger partial charge in [0.2, 0.25) is 0 Å². The van der Waals surface area contributed by atoms with Gasteiger partial charge in [0.05, 0.1) is 0 Å². The maximum Gasteiger partial charge on any atom is 0.404 e. The Kier molecular flexibility index (Phi) is 3.22. The number of aliphatic hydroxyl groups excluding tert-OH is 1. The molecule has 0 aliphatic rings. The molecular formula is C6H4F6O. The average Bonchev–Trinajstić information content (AvgIpc) is 1.80. The van der Waals surface area contributed by atoms with E-state index in [1.54, 1.807) is 0 Å². The van der Waals surface area contributed by atoms with E-state index in [1.807, 2.05) is 0 Å². The quantitative estimate of drug-likeness (QED) is 0.511. The van der Waals surface area contributed by atoms with E-state index >= 15 is 0 Å². The minimum absolute atomic E-state index is 0.994. The van der Waals surface area contributed by atoms with Gasteiger partial charge in [0.15, 0.2) is 5.92 Å². The van der Waals surface area contributed by atoms with E-state index in [-0.39, 0.29) is 0 Å². The smallest absolute Gasteiger partial charge is 0.379 e. The molecule has 0 amide bonds. The van der Waals surface area contributed by atoms with Crippen LogP contribution in [0.4, 0.5) is 26.3 Å². The maximum atomic E-state index is 11.7. The van der Waals surface area contributed by atoms with Crippen LogP contribution >= 0.6 is 0 Å². The Labute approximate surface area is 69.4 Å². The van der Waals surface area contributed by atoms with Crippen LogP contribution in [0.3, 0.4) is 0 Å². The molecule has 0 bridgehead atoms. The summed E-state index contributed by atoms with van der Waals surface area (Å²) >= 11 is 0. The lowest BCUT2D eigenvalue weighted by Gasteiger charge is -2.24. The molecule has 0 saturated heterocycles. The van der Waals surface area contributed by atoms with Crippen LogP contribution < -0.4 is 0 Å². The molecule has 13 heavy (non-hydrogen) atoms. The molecule has 0 saturated carbocycles. The van der Waals surface area contributed by atoms with Gasteiger partial charge in [-0.05, 0) is 0 Å². The average molecular weight is 206 g/mol. The number of alkyl halides is 6. The third kappa shape index (κ3) is 3.14. The van der Waals surface area contributed by atoms with Crippen molar-refractivity contribution in [1.82, 2.24) is 0 Å². The van der Waals surface area contributed by atoms with Crippen LogP contribution in [0.1, 0.15) is 0 Å². The van der Waals surface area contributed by atoms with Crippen molar-refractivity contribution >= 4 is 0 Å². The number of aliphatic hydroxyl groups is 1. The van der Waals surface area contributed by atoms with Crippen LogP contribution in [0.15, 0.2) is 0 Å². The molecule has 0 heterocycles. The van der Waals surface area contributed by atoms with Crippen molar-refractivity contribution in [2.75, 3.05) is 0 Å². The minimum atomic E-state index is -5.59. The summed E-state index contributed by atoms with van der Waals surface area (Å²) < 4.78 is 70.1. The van der Waals surface area contributed by atoms with Gasteiger partial charge in [-0.15, -0.1) is 6.42 Å². The second kappa shape index (κ2) is 3.46. The molecule has 0 fully saturated rings. The van der Waals surface area contributed by atoms with E-state index in [0.717, 1.165) is 5.92 Å². The van der Waals surface area contributed by atoms with Gasteiger partial charge in [-0.25, -0.2) is 0 Å². The van der Waals surface area contributed by atoms with Crippen LogP contribution in [-0.4, -0.2) is 23.6 Å². The predicted octanol–water partition coefficient (Wildman–Crippen LogP) is 1.72. The van der Waals surface area contributed by atoms with E-state index in [9.17, 15) is 26.3 Å². The molecular weight excluding hydrogens is 202 g/mol. The normalized spacial score (nSPS) is 15.6. The standard InChI is InChI=1S/C6H4F6O/c1-2-3(13)4(5(7,8)9)6(10,11)12/h1,3-4,13H. The number of terminal acetylenes is 1. The number of hydrogen-bond donors (Lipinski definition) is 1. The number of hydrogen-bond acceptors (Lipinski definition) is 1. The predicted molar refractivity (Wildman–Crippen MR) is 30.4 cm³/mol. The fourth-order valence-electron chi connectivity index (χ4n) is 0.640. The lowest BCUT2D eigenvalue weighted by Crippen LogP contribution is -2.44. The van der Waals surface area contributed by atoms with Gasteiger partial charge in [0.25, 0.3) is 0 Å². The van der Waals surface area contributed by atoms with Gasteiger partial charge in [-0.2, -0.15) is 26.3 Å². The molecule has 0 rings (SSSR count). The Bertz CT molecular complexity index is 195. The van der Waals surface area contributed by atoms with Crippen LogP contribution in [0.25, 0.3) is 0 Å². The first-order valence-electron chi connectivity index (χ1n) is 2.88. The van der Waals surface area contributed by atoms with E-state index in [2.05, 4.69) is 6.42 Å². The molecule has 1 atom stereocenters. The molecule has 1 N–H and O–H groups in total. The first-order valence-corrected chi connectivity index (χ1v) is 2.88. The Morgan fingerprint density at radius 1 is 1.00 bits per heavy atom. The Morgan fingerprint density at radius 3 is 1.38 bits per heavy atom. The Balaban J connectivity index is 4.91. The second-order valence-corrected chi connectivity index (χ2v) is 2.17. The van der Waals surface area contributed by atoms with Crippen molar-refractivity contribution in [3.8, 4) is 12.3 Å². The lowest BCUT2D eigenvalue weighted by atomic mass is 10.0. The molecule has 0 aromatic rings. The topological polar surface area (TPSA) is 20.2 Å². The summed E-state index contributed by atoms with van der Waals surface area (Å²) in [6.07, 6.45) is -9.82. The Hall–Kier alpha value is -0.900. The summed E-state index contributed by atoms with van der Waals surface area (Å²) in [6.45, 7) is 0. The second-order valence-electron chi connectivity index (χ2n) is 2.17. The minimum Gasteiger partial charge on any atom is -0.379 e. The van der Waals surface area contributed by atoms with Crippen LogP contribution in [-0.2, 0) is 0 Å². The van der Waals surface area contributed by atoms with E-state index in [4.69, 9.17) is 5.11 Å². The van der Waals surface area contributed by atoms with Crippen LogP contribution in [0.2, 0.25) is 0 Å². The lowest BCUT2D eigenvalue weighted by molar-refractivity contribution is -0.299. The fourth-order valence-corrected chi connectivity index (χ4v) is 0.640. The van der Waals surface area contributed by atoms with Crippen LogP contribution in [0.5, 0.6) is 0 Å². The summed E-state index contributed by atoms with van der Waals surface area (Å²) in [4.78, 5) is 0. The highest BCUT2D eigenvalue weighted by Crippen LogP contribution is 2.41. The van der Waals surface area contributed by atoms with Crippen LogP contribution in [0, 0.1) is 18.3 Å². The molecule has 7 heteroatoms. The third-order valence-electron chi connectivity index (χ3n) is 1.19. The van der Waals surface area contributed by atoms with Gasteiger partial charge in [0.1, 0.15) is 6.10 Å². The molecule has 1 unspecified atom stereocenters. The van der Waals surface area contributed by atoms with Crippen molar-refractivity contribution in [3.63, 3.8) is 0 Å². The van der Waals surface area contributed by atoms with E-state index in [1.165, 1.54) is 0 Å². The summed E-state index contributed by atoms with van der Waals surface area (Å²) in [5.74, 6) is -2.89.